The number of carbonyl (C=O) groups excluding carboxylic acids is 2. The van der Waals surface area contributed by atoms with Gasteiger partial charge in [0.05, 0.1) is 19.3 Å². The molecule has 2 fully saturated rings. The molecule has 373 valence electrons. The summed E-state index contributed by atoms with van der Waals surface area (Å²) in [6, 6.07) is -1.85. The van der Waals surface area contributed by atoms with E-state index in [1.165, 1.54) is 116 Å². The first-order valence-corrected chi connectivity index (χ1v) is 24.6. The maximum absolute atomic E-state index is 13.2. The zero-order valence-corrected chi connectivity index (χ0v) is 43.7. The number of aliphatic hydroxyl groups is 4. The Balaban J connectivity index is 0.0000205. The molecule has 0 aromatic heterocycles. The van der Waals surface area contributed by atoms with Crippen LogP contribution in [0.3, 0.4) is 0 Å². The standard InChI is InChI=1S/C42H79N3O17P.Ac/c1-3-4-5-6-7-8-9-10-11-12-13-14-15-16-17-18-19-20-21-22-23-24-25-26-56-30(38(50)51)28-57-63(54,55)62-41-35(59-40-32(43)34(48)33(47)29(27-46)58-40)31(39(52)61-45)42(2,53)36(60-41)37(44)49;/h29-36,40-41,43,46-48,53H,3-28,45H2,1-2H3,(H2,44,49)(H,50,51)(H,54,55);/q-1;. The SMILES string of the molecule is CCCCCCCCCCCCCCCCCCCCCCCCCOC(COP(=O)(O)OC1OC(C(N)=O)C(C)(O)C(C(=O)ON)C1OC1OC(CO)C(O)C(O)C1[NH-])C(=O)O.[Ac]. The van der Waals surface area contributed by atoms with Crippen LogP contribution in [0.15, 0.2) is 0 Å². The smallest absolute Gasteiger partial charge is 0.474 e. The number of rotatable bonds is 36. The van der Waals surface area contributed by atoms with E-state index in [-0.39, 0.29) is 50.7 Å². The normalized spacial score (nSPS) is 28.5. The molecule has 2 rings (SSSR count). The van der Waals surface area contributed by atoms with E-state index < -0.39 is 106 Å². The fourth-order valence-corrected chi connectivity index (χ4v) is 8.83. The van der Waals surface area contributed by atoms with E-state index in [2.05, 4.69) is 11.8 Å². The van der Waals surface area contributed by atoms with Gasteiger partial charge in [0, 0.05) is 50.7 Å². The van der Waals surface area contributed by atoms with Crippen LogP contribution in [-0.2, 0) is 51.8 Å². The van der Waals surface area contributed by atoms with Gasteiger partial charge >= 0.3 is 19.8 Å². The Kier molecular flexibility index (Phi) is 32.7. The molecule has 2 heterocycles. The third kappa shape index (κ3) is 22.3. The Hall–Kier alpha value is -0.438. The molecule has 0 aromatic carbocycles. The summed E-state index contributed by atoms with van der Waals surface area (Å²) in [7, 11) is -5.43. The number of unbranched alkanes of at least 4 members (excludes halogenated alkanes) is 22. The molecule has 1 radical (unpaired) electrons. The number of nitrogens with two attached hydrogens (primary N) is 2. The maximum Gasteiger partial charge on any atom is 0.474 e. The first-order valence-electron chi connectivity index (χ1n) is 23.1. The topological polar surface area (TPSA) is 330 Å². The summed E-state index contributed by atoms with van der Waals surface area (Å²) in [6.07, 6.45) is 13.0. The Morgan fingerprint density at radius 2 is 1.23 bits per heavy atom. The Morgan fingerprint density at radius 3 is 1.64 bits per heavy atom. The van der Waals surface area contributed by atoms with Crippen molar-refractivity contribution in [1.29, 1.82) is 0 Å². The van der Waals surface area contributed by atoms with Crippen LogP contribution in [-0.4, -0.2) is 129 Å². The Bertz CT molecular complexity index is 1340. The number of nitrogens with one attached hydrogen (secondary N) is 1. The molecule has 2 saturated heterocycles. The molecule has 12 unspecified atom stereocenters. The largest absolute Gasteiger partial charge is 0.668 e. The van der Waals surface area contributed by atoms with Crippen molar-refractivity contribution in [2.24, 2.45) is 17.5 Å². The van der Waals surface area contributed by atoms with Gasteiger partial charge in [-0.05, 0) is 13.3 Å². The van der Waals surface area contributed by atoms with E-state index in [1.807, 2.05) is 0 Å². The van der Waals surface area contributed by atoms with E-state index in [9.17, 15) is 49.4 Å². The maximum atomic E-state index is 13.2. The number of aliphatic carboxylic acids is 1. The third-order valence-corrected chi connectivity index (χ3v) is 12.7. The first-order chi connectivity index (χ1) is 30.0. The zero-order valence-electron chi connectivity index (χ0n) is 38.0. The molecule has 1 amide bonds. The number of phosphoric acid groups is 1. The fourth-order valence-electron chi connectivity index (χ4n) is 8.01. The van der Waals surface area contributed by atoms with Crippen LogP contribution in [0.2, 0.25) is 0 Å². The number of ether oxygens (including phenoxy) is 4. The summed E-state index contributed by atoms with van der Waals surface area (Å²) in [4.78, 5) is 52.1. The van der Waals surface area contributed by atoms with E-state index in [1.54, 1.807) is 0 Å². The second kappa shape index (κ2) is 34.0. The average molecular weight is 1160 g/mol. The van der Waals surface area contributed by atoms with Crippen molar-refractivity contribution in [3.63, 3.8) is 0 Å². The molecule has 22 heteroatoms. The summed E-state index contributed by atoms with van der Waals surface area (Å²) >= 11 is 0. The van der Waals surface area contributed by atoms with Gasteiger partial charge in [-0.2, -0.15) is 5.90 Å². The predicted octanol–water partition coefficient (Wildman–Crippen LogP) is 4.82. The molecular weight excluding hydrogens is 1080 g/mol. The van der Waals surface area contributed by atoms with Gasteiger partial charge < -0.3 is 65.7 Å². The number of phosphoric ester groups is 1. The van der Waals surface area contributed by atoms with Crippen molar-refractivity contribution >= 4 is 25.7 Å². The molecule has 0 bridgehead atoms. The van der Waals surface area contributed by atoms with Crippen LogP contribution in [0.4, 0.5) is 0 Å². The van der Waals surface area contributed by atoms with Crippen LogP contribution < -0.4 is 11.6 Å². The molecule has 0 saturated carbocycles. The second-order valence-electron chi connectivity index (χ2n) is 17.1. The van der Waals surface area contributed by atoms with Crippen molar-refractivity contribution in [1.82, 2.24) is 0 Å². The van der Waals surface area contributed by atoms with Crippen molar-refractivity contribution in [2.45, 2.75) is 222 Å². The summed E-state index contributed by atoms with van der Waals surface area (Å²) in [5, 5.41) is 51.1. The summed E-state index contributed by atoms with van der Waals surface area (Å²) in [5.41, 5.74) is 11.0. The molecule has 0 aliphatic carbocycles. The summed E-state index contributed by atoms with van der Waals surface area (Å²) in [5.74, 6) is -1.43. The van der Waals surface area contributed by atoms with Crippen LogP contribution in [0.25, 0.3) is 5.73 Å². The number of primary amides is 1. The molecule has 20 nitrogen and oxygen atoms in total. The van der Waals surface area contributed by atoms with E-state index in [0.29, 0.717) is 6.42 Å². The number of carboxylic acids is 1. The van der Waals surface area contributed by atoms with Crippen molar-refractivity contribution in [3.8, 4) is 0 Å². The zero-order chi connectivity index (χ0) is 46.8. The quantitative estimate of drug-likeness (QED) is 0.0237. The monoisotopic (exact) mass is 1160 g/mol. The van der Waals surface area contributed by atoms with Gasteiger partial charge in [0.2, 0.25) is 5.91 Å². The molecule has 11 N–H and O–H groups in total. The molecule has 0 spiro atoms. The Morgan fingerprint density at radius 1 is 0.781 bits per heavy atom. The number of carbonyl (C=O) groups is 3. The van der Waals surface area contributed by atoms with Gasteiger partial charge in [-0.1, -0.05) is 154 Å². The van der Waals surface area contributed by atoms with Crippen LogP contribution in [0.1, 0.15) is 162 Å². The number of amides is 1. The van der Waals surface area contributed by atoms with Gasteiger partial charge in [-0.15, -0.1) is 0 Å². The number of hydrogen-bond donors (Lipinski definition) is 8. The average Bonchev–Trinajstić information content (AvgIpc) is 3.23. The van der Waals surface area contributed by atoms with Gasteiger partial charge in [-0.25, -0.2) is 14.2 Å². The van der Waals surface area contributed by atoms with Crippen LogP contribution in [0.5, 0.6) is 0 Å². The summed E-state index contributed by atoms with van der Waals surface area (Å²) in [6.45, 7) is 1.30. The van der Waals surface area contributed by atoms with E-state index in [4.69, 9.17) is 45.4 Å². The van der Waals surface area contributed by atoms with Gasteiger partial charge in [-0.3, -0.25) is 13.8 Å². The minimum Gasteiger partial charge on any atom is -0.668 e. The molecule has 0 aromatic rings. The molecular formula is C42H79AcN3O17P-. The first kappa shape index (κ1) is 61.6. The van der Waals surface area contributed by atoms with Crippen molar-refractivity contribution in [2.75, 3.05) is 19.8 Å². The second-order valence-corrected chi connectivity index (χ2v) is 18.5. The fraction of sp³-hybridized carbons (Fsp3) is 0.929. The molecule has 64 heavy (non-hydrogen) atoms. The van der Waals surface area contributed by atoms with E-state index in [0.717, 1.165) is 32.6 Å². The number of hydrogen-bond acceptors (Lipinski definition) is 16. The van der Waals surface area contributed by atoms with E-state index >= 15 is 0 Å². The van der Waals surface area contributed by atoms with Crippen molar-refractivity contribution < 1.29 is 126 Å². The predicted molar refractivity (Wildman–Crippen MR) is 229 cm³/mol. The minimum absolute atomic E-state index is 0. The van der Waals surface area contributed by atoms with Crippen molar-refractivity contribution in [3.05, 3.63) is 5.73 Å². The number of carboxylic acid groups (broad SMARTS) is 1. The summed E-state index contributed by atoms with van der Waals surface area (Å²) < 4.78 is 45.0. The van der Waals surface area contributed by atoms with Gasteiger partial charge in [0.25, 0.3) is 0 Å². The Labute approximate surface area is 414 Å². The van der Waals surface area contributed by atoms with Crippen LogP contribution in [0, 0.1) is 50.0 Å². The van der Waals surface area contributed by atoms with Gasteiger partial charge in [0.1, 0.15) is 36.1 Å². The number of aliphatic hydroxyl groups excluding tert-OH is 3. The molecule has 12 atom stereocenters. The third-order valence-electron chi connectivity index (χ3n) is 11.8. The van der Waals surface area contributed by atoms with Gasteiger partial charge in [0.15, 0.2) is 18.5 Å². The van der Waals surface area contributed by atoms with Crippen LogP contribution >= 0.6 is 7.82 Å². The molecule has 2 aliphatic rings. The minimum atomic E-state index is -5.43. The molecule has 2 aliphatic heterocycles.